The van der Waals surface area contributed by atoms with E-state index in [1.165, 1.54) is 19.2 Å². The van der Waals surface area contributed by atoms with E-state index < -0.39 is 21.8 Å². The van der Waals surface area contributed by atoms with Crippen LogP contribution < -0.4 is 5.73 Å². The SMILES string of the molecule is CCCC(N)c1nnc(S(=O)(=O)Cc2ccc(C(=O)OC)cc2)n1CC1CCCO1. The molecule has 0 saturated carbocycles. The molecule has 164 valence electrons. The zero-order valence-electron chi connectivity index (χ0n) is 17.3. The highest BCUT2D eigenvalue weighted by Crippen LogP contribution is 2.24. The van der Waals surface area contributed by atoms with Crippen molar-refractivity contribution in [2.75, 3.05) is 13.7 Å². The number of rotatable bonds is 9. The van der Waals surface area contributed by atoms with Crippen molar-refractivity contribution >= 4 is 15.8 Å². The van der Waals surface area contributed by atoms with Gasteiger partial charge in [-0.3, -0.25) is 4.57 Å². The number of benzene rings is 1. The van der Waals surface area contributed by atoms with Gasteiger partial charge in [-0.1, -0.05) is 25.5 Å². The first-order valence-electron chi connectivity index (χ1n) is 10.1. The fraction of sp³-hybridized carbons (Fsp3) is 0.550. The Bertz CT molecular complexity index is 966. The molecule has 2 heterocycles. The topological polar surface area (TPSA) is 126 Å². The molecular weight excluding hydrogens is 408 g/mol. The Kier molecular flexibility index (Phi) is 7.22. The minimum atomic E-state index is -3.79. The number of carbonyl (C=O) groups excluding carboxylic acids is 1. The van der Waals surface area contributed by atoms with Gasteiger partial charge in [0.25, 0.3) is 0 Å². The Labute approximate surface area is 176 Å². The van der Waals surface area contributed by atoms with Crippen LogP contribution in [0.4, 0.5) is 0 Å². The molecule has 1 aliphatic heterocycles. The van der Waals surface area contributed by atoms with Gasteiger partial charge in [-0.05, 0) is 37.0 Å². The van der Waals surface area contributed by atoms with Crippen LogP contribution in [0, 0.1) is 0 Å². The molecule has 10 heteroatoms. The Hall–Kier alpha value is -2.30. The maximum Gasteiger partial charge on any atom is 0.337 e. The third kappa shape index (κ3) is 5.05. The average molecular weight is 437 g/mol. The van der Waals surface area contributed by atoms with Crippen LogP contribution in [0.15, 0.2) is 29.4 Å². The van der Waals surface area contributed by atoms with Crippen molar-refractivity contribution in [1.29, 1.82) is 0 Å². The molecule has 0 bridgehead atoms. The zero-order chi connectivity index (χ0) is 21.7. The minimum Gasteiger partial charge on any atom is -0.465 e. The van der Waals surface area contributed by atoms with Crippen LogP contribution in [0.25, 0.3) is 0 Å². The highest BCUT2D eigenvalue weighted by atomic mass is 32.2. The second-order valence-corrected chi connectivity index (χ2v) is 9.31. The zero-order valence-corrected chi connectivity index (χ0v) is 18.1. The molecule has 2 N–H and O–H groups in total. The summed E-state index contributed by atoms with van der Waals surface area (Å²) in [5.41, 5.74) is 7.14. The Morgan fingerprint density at radius 1 is 1.33 bits per heavy atom. The van der Waals surface area contributed by atoms with E-state index in [1.54, 1.807) is 16.7 Å². The van der Waals surface area contributed by atoms with E-state index >= 15 is 0 Å². The molecule has 1 aromatic heterocycles. The molecule has 1 saturated heterocycles. The van der Waals surface area contributed by atoms with E-state index in [2.05, 4.69) is 14.9 Å². The van der Waals surface area contributed by atoms with Crippen molar-refractivity contribution in [1.82, 2.24) is 14.8 Å². The standard InChI is InChI=1S/C20H28N4O5S/c1-3-5-17(21)18-22-23-20(24(18)12-16-6-4-11-29-16)30(26,27)13-14-7-9-15(10-8-14)19(25)28-2/h7-10,16-17H,3-6,11-13,21H2,1-2H3. The summed E-state index contributed by atoms with van der Waals surface area (Å²) in [6.07, 6.45) is 3.25. The van der Waals surface area contributed by atoms with Gasteiger partial charge in [0.05, 0.1) is 37.1 Å². The van der Waals surface area contributed by atoms with Gasteiger partial charge < -0.3 is 15.2 Å². The van der Waals surface area contributed by atoms with E-state index in [-0.39, 0.29) is 17.0 Å². The molecule has 2 atom stereocenters. The second kappa shape index (κ2) is 9.67. The number of hydrogen-bond acceptors (Lipinski definition) is 8. The molecule has 0 spiro atoms. The minimum absolute atomic E-state index is 0.0816. The summed E-state index contributed by atoms with van der Waals surface area (Å²) in [4.78, 5) is 11.6. The Morgan fingerprint density at radius 2 is 2.07 bits per heavy atom. The molecule has 30 heavy (non-hydrogen) atoms. The van der Waals surface area contributed by atoms with Gasteiger partial charge in [0.15, 0.2) is 5.82 Å². The van der Waals surface area contributed by atoms with Gasteiger partial charge in [-0.15, -0.1) is 10.2 Å². The number of nitrogens with zero attached hydrogens (tertiary/aromatic N) is 3. The Morgan fingerprint density at radius 3 is 2.67 bits per heavy atom. The number of ether oxygens (including phenoxy) is 2. The highest BCUT2D eigenvalue weighted by Gasteiger charge is 2.29. The summed E-state index contributed by atoms with van der Waals surface area (Å²) >= 11 is 0. The van der Waals surface area contributed by atoms with Crippen LogP contribution in [0.3, 0.4) is 0 Å². The third-order valence-corrected chi connectivity index (χ3v) is 6.67. The molecule has 2 unspecified atom stereocenters. The number of hydrogen-bond donors (Lipinski definition) is 1. The quantitative estimate of drug-likeness (QED) is 0.592. The van der Waals surface area contributed by atoms with Gasteiger partial charge in [0, 0.05) is 6.61 Å². The van der Waals surface area contributed by atoms with Crippen LogP contribution in [0.5, 0.6) is 0 Å². The number of esters is 1. The second-order valence-electron chi connectivity index (χ2n) is 7.43. The monoisotopic (exact) mass is 436 g/mol. The average Bonchev–Trinajstić information content (AvgIpc) is 3.38. The molecule has 1 aliphatic rings. The van der Waals surface area contributed by atoms with Crippen LogP contribution in [0.1, 0.15) is 60.4 Å². The first-order valence-corrected chi connectivity index (χ1v) is 11.7. The van der Waals surface area contributed by atoms with Crippen molar-refractivity contribution in [3.05, 3.63) is 41.2 Å². The van der Waals surface area contributed by atoms with E-state index in [9.17, 15) is 13.2 Å². The smallest absolute Gasteiger partial charge is 0.337 e. The number of aromatic nitrogens is 3. The van der Waals surface area contributed by atoms with Crippen LogP contribution in [0.2, 0.25) is 0 Å². The van der Waals surface area contributed by atoms with Crippen molar-refractivity contribution < 1.29 is 22.7 Å². The van der Waals surface area contributed by atoms with Crippen molar-refractivity contribution in [3.8, 4) is 0 Å². The molecule has 1 fully saturated rings. The fourth-order valence-corrected chi connectivity index (χ4v) is 4.98. The summed E-state index contributed by atoms with van der Waals surface area (Å²) in [5.74, 6) is -0.275. The summed E-state index contributed by atoms with van der Waals surface area (Å²) < 4.78 is 38.3. The summed E-state index contributed by atoms with van der Waals surface area (Å²) in [6, 6.07) is 5.86. The number of sulfone groups is 1. The molecule has 0 aliphatic carbocycles. The van der Waals surface area contributed by atoms with Crippen molar-refractivity contribution in [2.45, 2.75) is 62.2 Å². The predicted octanol–water partition coefficient (Wildman–Crippen LogP) is 2.02. The van der Waals surface area contributed by atoms with Crippen LogP contribution >= 0.6 is 0 Å². The lowest BCUT2D eigenvalue weighted by atomic mass is 10.1. The van der Waals surface area contributed by atoms with E-state index in [1.807, 2.05) is 6.92 Å². The van der Waals surface area contributed by atoms with Crippen molar-refractivity contribution in [3.63, 3.8) is 0 Å². The van der Waals surface area contributed by atoms with Gasteiger partial charge in [-0.2, -0.15) is 0 Å². The first kappa shape index (κ1) is 22.4. The maximum atomic E-state index is 13.2. The van der Waals surface area contributed by atoms with E-state index in [0.29, 0.717) is 36.5 Å². The third-order valence-electron chi connectivity index (χ3n) is 5.10. The number of carbonyl (C=O) groups is 1. The van der Waals surface area contributed by atoms with Crippen LogP contribution in [-0.4, -0.2) is 49.0 Å². The van der Waals surface area contributed by atoms with Crippen molar-refractivity contribution in [2.24, 2.45) is 5.73 Å². The van der Waals surface area contributed by atoms with Gasteiger partial charge in [-0.25, -0.2) is 13.2 Å². The lowest BCUT2D eigenvalue weighted by Crippen LogP contribution is -2.24. The van der Waals surface area contributed by atoms with Gasteiger partial charge in [0.1, 0.15) is 0 Å². The van der Waals surface area contributed by atoms with Crippen LogP contribution in [-0.2, 0) is 31.6 Å². The summed E-state index contributed by atoms with van der Waals surface area (Å²) in [7, 11) is -2.50. The van der Waals surface area contributed by atoms with Gasteiger partial charge >= 0.3 is 5.97 Å². The molecule has 2 aromatic rings. The molecule has 9 nitrogen and oxygen atoms in total. The molecule has 0 radical (unpaired) electrons. The lowest BCUT2D eigenvalue weighted by Gasteiger charge is -2.17. The predicted molar refractivity (Wildman–Crippen MR) is 110 cm³/mol. The Balaban J connectivity index is 1.89. The summed E-state index contributed by atoms with van der Waals surface area (Å²) in [5, 5.41) is 8.03. The number of nitrogens with two attached hydrogens (primary N) is 1. The van der Waals surface area contributed by atoms with Gasteiger partial charge in [0.2, 0.25) is 15.0 Å². The molecule has 1 aromatic carbocycles. The first-order chi connectivity index (χ1) is 14.4. The lowest BCUT2D eigenvalue weighted by molar-refractivity contribution is 0.0600. The fourth-order valence-electron chi connectivity index (χ4n) is 3.55. The largest absolute Gasteiger partial charge is 0.465 e. The molecular formula is C20H28N4O5S. The molecule has 3 rings (SSSR count). The number of methoxy groups -OCH3 is 1. The highest BCUT2D eigenvalue weighted by molar-refractivity contribution is 7.90. The molecule has 0 amide bonds. The van der Waals surface area contributed by atoms with E-state index in [0.717, 1.165) is 19.3 Å². The maximum absolute atomic E-state index is 13.2. The normalized spacial score (nSPS) is 17.8. The summed E-state index contributed by atoms with van der Waals surface area (Å²) in [6.45, 7) is 3.03. The van der Waals surface area contributed by atoms with E-state index in [4.69, 9.17) is 10.5 Å².